The lowest BCUT2D eigenvalue weighted by atomic mass is 10.0. The topological polar surface area (TPSA) is 108 Å². The maximum absolute atomic E-state index is 11.6. The van der Waals surface area contributed by atoms with Crippen molar-refractivity contribution in [1.29, 1.82) is 0 Å². The van der Waals surface area contributed by atoms with Crippen molar-refractivity contribution >= 4 is 5.91 Å². The predicted molar refractivity (Wildman–Crippen MR) is 64.7 cm³/mol. The highest BCUT2D eigenvalue weighted by Gasteiger charge is 2.31. The van der Waals surface area contributed by atoms with Gasteiger partial charge in [0, 0.05) is 6.54 Å². The van der Waals surface area contributed by atoms with Crippen LogP contribution in [0, 0.1) is 9.81 Å². The first-order valence-electron chi connectivity index (χ1n) is 5.33. The van der Waals surface area contributed by atoms with Crippen molar-refractivity contribution in [1.82, 2.24) is 5.32 Å². The van der Waals surface area contributed by atoms with E-state index < -0.39 is 18.0 Å². The van der Waals surface area contributed by atoms with Crippen LogP contribution in [0.2, 0.25) is 0 Å². The van der Waals surface area contributed by atoms with Crippen molar-refractivity contribution in [3.8, 4) is 0 Å². The second kappa shape index (κ2) is 7.23. The summed E-state index contributed by atoms with van der Waals surface area (Å²) in [7, 11) is 0. The summed E-state index contributed by atoms with van der Waals surface area (Å²) in [5.74, 6) is -0.729. The van der Waals surface area contributed by atoms with E-state index in [9.17, 15) is 14.6 Å². The van der Waals surface area contributed by atoms with Crippen LogP contribution in [-0.4, -0.2) is 30.2 Å². The molecule has 0 aliphatic heterocycles. The van der Waals surface area contributed by atoms with Gasteiger partial charge in [-0.05, 0) is 5.56 Å². The monoisotopic (exact) mass is 251 g/mol. The fraction of sp³-hybridized carbons (Fsp3) is 0.364. The quantitative estimate of drug-likeness (QED) is 0.696. The molecule has 0 aliphatic carbocycles. The molecule has 2 unspecified atom stereocenters. The number of aliphatic hydroxyl groups excluding tert-OH is 1. The van der Waals surface area contributed by atoms with Gasteiger partial charge in [-0.2, -0.15) is 4.91 Å². The number of carbonyl (C=O) groups excluding carboxylic acids is 1. The zero-order valence-electron chi connectivity index (χ0n) is 9.52. The Balaban J connectivity index is 2.87. The Labute approximate surface area is 103 Å². The lowest BCUT2D eigenvalue weighted by Gasteiger charge is -2.14. The zero-order valence-corrected chi connectivity index (χ0v) is 9.52. The number of hydrogen-bond donors (Lipinski definition) is 2. The van der Waals surface area contributed by atoms with Crippen LogP contribution in [0.4, 0.5) is 0 Å². The SMILES string of the molecule is O=NC(C(=O)NCCO)C(N=O)c1ccccc1. The van der Waals surface area contributed by atoms with E-state index >= 15 is 0 Å². The predicted octanol–water partition coefficient (Wildman–Crippen LogP) is 0.738. The molecule has 7 nitrogen and oxygen atoms in total. The van der Waals surface area contributed by atoms with Crippen LogP contribution in [0.1, 0.15) is 11.6 Å². The number of amides is 1. The molecule has 0 radical (unpaired) electrons. The van der Waals surface area contributed by atoms with Crippen LogP contribution in [-0.2, 0) is 4.79 Å². The summed E-state index contributed by atoms with van der Waals surface area (Å²) in [4.78, 5) is 33.1. The fourth-order valence-corrected chi connectivity index (χ4v) is 1.48. The molecule has 0 fully saturated rings. The molecule has 2 N–H and O–H groups in total. The fourth-order valence-electron chi connectivity index (χ4n) is 1.48. The van der Waals surface area contributed by atoms with Crippen molar-refractivity contribution in [3.63, 3.8) is 0 Å². The average Bonchev–Trinajstić information content (AvgIpc) is 2.42. The Morgan fingerprint density at radius 2 is 1.89 bits per heavy atom. The number of aliphatic hydroxyl groups is 1. The van der Waals surface area contributed by atoms with Gasteiger partial charge in [-0.3, -0.25) is 4.79 Å². The molecule has 0 aliphatic rings. The largest absolute Gasteiger partial charge is 0.395 e. The summed E-state index contributed by atoms with van der Waals surface area (Å²) >= 11 is 0. The Morgan fingerprint density at radius 3 is 2.39 bits per heavy atom. The summed E-state index contributed by atoms with van der Waals surface area (Å²) in [6.45, 7) is -0.271. The van der Waals surface area contributed by atoms with Crippen LogP contribution in [0.25, 0.3) is 0 Å². The highest BCUT2D eigenvalue weighted by molar-refractivity contribution is 5.83. The molecule has 1 aromatic carbocycles. The van der Waals surface area contributed by atoms with E-state index in [2.05, 4.69) is 15.7 Å². The molecular weight excluding hydrogens is 238 g/mol. The van der Waals surface area contributed by atoms with Crippen molar-refractivity contribution in [2.45, 2.75) is 12.1 Å². The molecule has 1 aromatic rings. The van der Waals surface area contributed by atoms with Crippen LogP contribution < -0.4 is 5.32 Å². The maximum Gasteiger partial charge on any atom is 0.251 e. The van der Waals surface area contributed by atoms with Crippen LogP contribution in [0.15, 0.2) is 40.7 Å². The Hall–Kier alpha value is -2.15. The molecule has 18 heavy (non-hydrogen) atoms. The van der Waals surface area contributed by atoms with Crippen LogP contribution in [0.5, 0.6) is 0 Å². The number of nitroso groups, excluding NO2 is 2. The zero-order chi connectivity index (χ0) is 13.4. The standard InChI is InChI=1S/C11H13N3O4/c15-7-6-12-11(16)10(14-18)9(13-17)8-4-2-1-3-5-8/h1-5,9-10,15H,6-7H2,(H,12,16). The summed E-state index contributed by atoms with van der Waals surface area (Å²) in [6, 6.07) is 5.65. The average molecular weight is 251 g/mol. The van der Waals surface area contributed by atoms with E-state index in [0.717, 1.165) is 0 Å². The van der Waals surface area contributed by atoms with Crippen LogP contribution >= 0.6 is 0 Å². The van der Waals surface area contributed by atoms with Gasteiger partial charge in [-0.25, -0.2) is 0 Å². The summed E-state index contributed by atoms with van der Waals surface area (Å²) in [5.41, 5.74) is 0.441. The number of benzene rings is 1. The van der Waals surface area contributed by atoms with Gasteiger partial charge in [-0.1, -0.05) is 40.7 Å². The number of rotatable bonds is 7. The summed E-state index contributed by atoms with van der Waals surface area (Å²) in [6.07, 6.45) is 0. The van der Waals surface area contributed by atoms with Gasteiger partial charge in [0.2, 0.25) is 0 Å². The third kappa shape index (κ3) is 3.42. The minimum Gasteiger partial charge on any atom is -0.395 e. The Kier molecular flexibility index (Phi) is 5.59. The van der Waals surface area contributed by atoms with Gasteiger partial charge in [0.15, 0.2) is 12.1 Å². The van der Waals surface area contributed by atoms with E-state index in [4.69, 9.17) is 5.11 Å². The third-order valence-electron chi connectivity index (χ3n) is 2.35. The van der Waals surface area contributed by atoms with E-state index in [-0.39, 0.29) is 13.2 Å². The van der Waals surface area contributed by atoms with Gasteiger partial charge in [0.1, 0.15) is 0 Å². The Bertz CT molecular complexity index is 410. The van der Waals surface area contributed by atoms with Crippen molar-refractivity contribution in [2.24, 2.45) is 10.4 Å². The number of carbonyl (C=O) groups is 1. The van der Waals surface area contributed by atoms with E-state index in [0.29, 0.717) is 5.56 Å². The second-order valence-electron chi connectivity index (χ2n) is 3.53. The highest BCUT2D eigenvalue weighted by Crippen LogP contribution is 2.23. The summed E-state index contributed by atoms with van der Waals surface area (Å²) < 4.78 is 0. The minimum absolute atomic E-state index is 0.00871. The van der Waals surface area contributed by atoms with Crippen LogP contribution in [0.3, 0.4) is 0 Å². The molecule has 0 spiro atoms. The van der Waals surface area contributed by atoms with E-state index in [1.807, 2.05) is 0 Å². The first kappa shape index (κ1) is 13.9. The lowest BCUT2D eigenvalue weighted by molar-refractivity contribution is -0.122. The van der Waals surface area contributed by atoms with Gasteiger partial charge < -0.3 is 10.4 Å². The van der Waals surface area contributed by atoms with Crippen molar-refractivity contribution in [2.75, 3.05) is 13.2 Å². The molecule has 1 rings (SSSR count). The summed E-state index contributed by atoms with van der Waals surface area (Å²) in [5, 5.41) is 16.3. The number of nitrogens with zero attached hydrogens (tertiary/aromatic N) is 2. The van der Waals surface area contributed by atoms with Gasteiger partial charge >= 0.3 is 0 Å². The molecule has 0 saturated carbocycles. The molecule has 0 aromatic heterocycles. The highest BCUT2D eigenvalue weighted by atomic mass is 16.3. The molecule has 7 heteroatoms. The molecule has 0 heterocycles. The number of hydrogen-bond acceptors (Lipinski definition) is 6. The Morgan fingerprint density at radius 1 is 1.22 bits per heavy atom. The van der Waals surface area contributed by atoms with Gasteiger partial charge in [0.05, 0.1) is 6.61 Å². The molecule has 96 valence electrons. The third-order valence-corrected chi connectivity index (χ3v) is 2.35. The molecule has 2 atom stereocenters. The smallest absolute Gasteiger partial charge is 0.251 e. The number of nitrogens with one attached hydrogen (secondary N) is 1. The maximum atomic E-state index is 11.6. The molecular formula is C11H13N3O4. The van der Waals surface area contributed by atoms with E-state index in [1.54, 1.807) is 30.3 Å². The lowest BCUT2D eigenvalue weighted by Crippen LogP contribution is -2.38. The molecule has 0 bridgehead atoms. The van der Waals surface area contributed by atoms with Crippen molar-refractivity contribution < 1.29 is 9.90 Å². The molecule has 0 saturated heterocycles. The molecule has 1 amide bonds. The first-order valence-corrected chi connectivity index (χ1v) is 5.33. The first-order chi connectivity index (χ1) is 8.74. The van der Waals surface area contributed by atoms with E-state index in [1.165, 1.54) is 0 Å². The van der Waals surface area contributed by atoms with Crippen molar-refractivity contribution in [3.05, 3.63) is 45.7 Å². The van der Waals surface area contributed by atoms with Gasteiger partial charge in [-0.15, -0.1) is 4.91 Å². The normalized spacial score (nSPS) is 13.4. The minimum atomic E-state index is -1.43. The second-order valence-corrected chi connectivity index (χ2v) is 3.53. The van der Waals surface area contributed by atoms with Gasteiger partial charge in [0.25, 0.3) is 5.91 Å².